The van der Waals surface area contributed by atoms with Crippen LogP contribution in [0.4, 0.5) is 0 Å². The Hall–Kier alpha value is -2.21. The molecular weight excluding hydrogens is 248 g/mol. The lowest BCUT2D eigenvalue weighted by Gasteiger charge is -2.27. The molecule has 1 heterocycles. The molecule has 0 fully saturated rings. The van der Waals surface area contributed by atoms with Crippen molar-refractivity contribution in [2.24, 2.45) is 5.84 Å². The lowest BCUT2D eigenvalue weighted by atomic mass is 10.0. The van der Waals surface area contributed by atoms with E-state index in [2.05, 4.69) is 13.0 Å². The lowest BCUT2D eigenvalue weighted by molar-refractivity contribution is -0.136. The van der Waals surface area contributed by atoms with E-state index in [9.17, 15) is 4.79 Å². The molecule has 19 heavy (non-hydrogen) atoms. The number of rotatable bonds is 4. The van der Waals surface area contributed by atoms with Gasteiger partial charge in [0, 0.05) is 5.70 Å². The topological polar surface area (TPSA) is 85.0 Å². The van der Waals surface area contributed by atoms with Crippen LogP contribution in [0.5, 0.6) is 0 Å². The van der Waals surface area contributed by atoms with Gasteiger partial charge in [0.15, 0.2) is 6.26 Å². The second kappa shape index (κ2) is 5.62. The van der Waals surface area contributed by atoms with Crippen molar-refractivity contribution in [2.45, 2.75) is 26.2 Å². The van der Waals surface area contributed by atoms with Crippen molar-refractivity contribution in [3.8, 4) is 0 Å². The highest BCUT2D eigenvalue weighted by Crippen LogP contribution is 2.25. The van der Waals surface area contributed by atoms with Gasteiger partial charge in [-0.15, -0.1) is 0 Å². The van der Waals surface area contributed by atoms with Crippen LogP contribution in [0.2, 0.25) is 0 Å². The van der Waals surface area contributed by atoms with Crippen LogP contribution in [-0.4, -0.2) is 16.1 Å². The molecule has 0 amide bonds. The Bertz CT molecular complexity index is 503. The van der Waals surface area contributed by atoms with E-state index in [4.69, 9.17) is 20.4 Å². The van der Waals surface area contributed by atoms with Crippen LogP contribution in [0.15, 0.2) is 47.6 Å². The van der Waals surface area contributed by atoms with Crippen molar-refractivity contribution in [1.82, 2.24) is 5.01 Å². The molecule has 0 saturated heterocycles. The Morgan fingerprint density at radius 1 is 1.53 bits per heavy atom. The molecule has 6 nitrogen and oxygen atoms in total. The summed E-state index contributed by atoms with van der Waals surface area (Å²) in [5, 5.41) is 10.2. The molecule has 102 valence electrons. The minimum absolute atomic E-state index is 0.156. The third-order valence-electron chi connectivity index (χ3n) is 2.88. The molecule has 0 unspecified atom stereocenters. The van der Waals surface area contributed by atoms with Gasteiger partial charge in [-0.05, 0) is 25.3 Å². The molecule has 0 radical (unpaired) electrons. The zero-order valence-corrected chi connectivity index (χ0v) is 10.6. The van der Waals surface area contributed by atoms with Crippen LogP contribution in [-0.2, 0) is 14.3 Å². The summed E-state index contributed by atoms with van der Waals surface area (Å²) in [6, 6.07) is 0. The number of carboxylic acid groups (broad SMARTS) is 1. The summed E-state index contributed by atoms with van der Waals surface area (Å²) in [5.74, 6) is 4.60. The van der Waals surface area contributed by atoms with E-state index in [0.717, 1.165) is 31.2 Å². The fraction of sp³-hybridized carbons (Fsp3) is 0.308. The van der Waals surface area contributed by atoms with Gasteiger partial charge in [-0.2, -0.15) is 0 Å². The fourth-order valence-corrected chi connectivity index (χ4v) is 1.84. The van der Waals surface area contributed by atoms with E-state index in [1.807, 2.05) is 6.08 Å². The summed E-state index contributed by atoms with van der Waals surface area (Å²) >= 11 is 0. The van der Waals surface area contributed by atoms with E-state index in [1.165, 1.54) is 16.8 Å². The molecule has 1 aliphatic carbocycles. The summed E-state index contributed by atoms with van der Waals surface area (Å²) in [6.45, 7) is 2.07. The largest absolute Gasteiger partial charge is 0.475 e. The van der Waals surface area contributed by atoms with Gasteiger partial charge in [-0.3, -0.25) is 0 Å². The van der Waals surface area contributed by atoms with E-state index < -0.39 is 5.97 Å². The number of carbonyl (C=O) groups is 1. The van der Waals surface area contributed by atoms with Crippen molar-refractivity contribution >= 4 is 5.97 Å². The number of hydrogen-bond acceptors (Lipinski definition) is 5. The molecular formula is C13H16N2O4. The molecule has 0 aromatic heterocycles. The lowest BCUT2D eigenvalue weighted by Crippen LogP contribution is -2.33. The molecule has 6 heteroatoms. The van der Waals surface area contributed by atoms with Crippen LogP contribution in [0.1, 0.15) is 26.2 Å². The monoisotopic (exact) mass is 264 g/mol. The third-order valence-corrected chi connectivity index (χ3v) is 2.88. The third kappa shape index (κ3) is 2.97. The van der Waals surface area contributed by atoms with Gasteiger partial charge in [-0.1, -0.05) is 18.6 Å². The Morgan fingerprint density at radius 2 is 2.32 bits per heavy atom. The first kappa shape index (κ1) is 13.2. The van der Waals surface area contributed by atoms with Crippen LogP contribution < -0.4 is 5.84 Å². The SMILES string of the molecule is CCC1=CCCC(N(N)C2=COC=C(C(=O)O)O2)=C1. The molecule has 0 atom stereocenters. The zero-order chi connectivity index (χ0) is 13.8. The van der Waals surface area contributed by atoms with Crippen molar-refractivity contribution in [3.63, 3.8) is 0 Å². The molecule has 1 aliphatic heterocycles. The molecule has 0 bridgehead atoms. The number of carboxylic acids is 1. The Labute approximate surface area is 111 Å². The summed E-state index contributed by atoms with van der Waals surface area (Å²) in [6.07, 6.45) is 9.03. The predicted molar refractivity (Wildman–Crippen MR) is 67.7 cm³/mol. The van der Waals surface area contributed by atoms with Crippen molar-refractivity contribution in [1.29, 1.82) is 0 Å². The van der Waals surface area contributed by atoms with Gasteiger partial charge in [0.1, 0.15) is 6.26 Å². The minimum Gasteiger partial charge on any atom is -0.475 e. The quantitative estimate of drug-likeness (QED) is 0.596. The van der Waals surface area contributed by atoms with Crippen LogP contribution in [0.25, 0.3) is 0 Å². The van der Waals surface area contributed by atoms with Gasteiger partial charge in [0.2, 0.25) is 5.76 Å². The average molecular weight is 264 g/mol. The smallest absolute Gasteiger partial charge is 0.375 e. The normalized spacial score (nSPS) is 18.2. The molecule has 2 rings (SSSR count). The molecule has 0 saturated carbocycles. The maximum absolute atomic E-state index is 10.8. The number of nitrogens with zero attached hydrogens (tertiary/aromatic N) is 1. The molecule has 0 aromatic rings. The number of hydrogen-bond donors (Lipinski definition) is 2. The number of aliphatic carboxylic acids is 1. The predicted octanol–water partition coefficient (Wildman–Crippen LogP) is 1.95. The minimum atomic E-state index is -1.20. The maximum atomic E-state index is 10.8. The fourth-order valence-electron chi connectivity index (χ4n) is 1.84. The molecule has 0 spiro atoms. The van der Waals surface area contributed by atoms with Gasteiger partial charge >= 0.3 is 5.97 Å². The molecule has 0 aromatic carbocycles. The van der Waals surface area contributed by atoms with E-state index in [0.29, 0.717) is 0 Å². The zero-order valence-electron chi connectivity index (χ0n) is 10.6. The average Bonchev–Trinajstić information content (AvgIpc) is 2.46. The summed E-state index contributed by atoms with van der Waals surface area (Å²) < 4.78 is 10.1. The second-order valence-corrected chi connectivity index (χ2v) is 4.16. The van der Waals surface area contributed by atoms with Gasteiger partial charge in [-0.25, -0.2) is 15.6 Å². The first-order valence-corrected chi connectivity index (χ1v) is 6.03. The van der Waals surface area contributed by atoms with Gasteiger partial charge in [0.25, 0.3) is 5.88 Å². The van der Waals surface area contributed by atoms with Crippen LogP contribution in [0, 0.1) is 0 Å². The van der Waals surface area contributed by atoms with Crippen LogP contribution in [0.3, 0.4) is 0 Å². The number of hydrazine groups is 1. The second-order valence-electron chi connectivity index (χ2n) is 4.16. The highest BCUT2D eigenvalue weighted by molar-refractivity contribution is 5.84. The van der Waals surface area contributed by atoms with Crippen molar-refractivity contribution in [2.75, 3.05) is 0 Å². The highest BCUT2D eigenvalue weighted by Gasteiger charge is 2.22. The number of allylic oxidation sites excluding steroid dienone is 4. The first-order valence-electron chi connectivity index (χ1n) is 6.03. The number of ether oxygens (including phenoxy) is 2. The van der Waals surface area contributed by atoms with E-state index in [-0.39, 0.29) is 11.6 Å². The van der Waals surface area contributed by atoms with Crippen molar-refractivity contribution < 1.29 is 19.4 Å². The number of nitrogens with two attached hydrogens (primary N) is 1. The van der Waals surface area contributed by atoms with E-state index in [1.54, 1.807) is 0 Å². The van der Waals surface area contributed by atoms with Gasteiger partial charge < -0.3 is 14.6 Å². The highest BCUT2D eigenvalue weighted by atomic mass is 16.6. The molecule has 3 N–H and O–H groups in total. The Balaban J connectivity index is 2.11. The standard InChI is InChI=1S/C13H16N2O4/c1-2-9-4-3-5-10(6-9)15(14)12-8-18-7-11(19-12)13(16)17/h4,6-8H,2-3,5,14H2,1H3,(H,16,17). The Kier molecular flexibility index (Phi) is 3.91. The summed E-state index contributed by atoms with van der Waals surface area (Å²) in [5.41, 5.74) is 2.06. The first-order chi connectivity index (χ1) is 9.11. The van der Waals surface area contributed by atoms with Gasteiger partial charge in [0.05, 0.1) is 0 Å². The Morgan fingerprint density at radius 3 is 3.00 bits per heavy atom. The van der Waals surface area contributed by atoms with E-state index >= 15 is 0 Å². The maximum Gasteiger partial charge on any atom is 0.375 e. The summed E-state index contributed by atoms with van der Waals surface area (Å²) in [4.78, 5) is 10.8. The van der Waals surface area contributed by atoms with Crippen molar-refractivity contribution in [3.05, 3.63) is 47.6 Å². The summed E-state index contributed by atoms with van der Waals surface area (Å²) in [7, 11) is 0. The van der Waals surface area contributed by atoms with Crippen LogP contribution >= 0.6 is 0 Å². The molecule has 2 aliphatic rings.